The Morgan fingerprint density at radius 3 is 2.78 bits per heavy atom. The van der Waals surface area contributed by atoms with Gasteiger partial charge in [0, 0.05) is 16.4 Å². The number of aromatic nitrogens is 1. The number of benzene rings is 1. The number of nitrogens with two attached hydrogens (primary N) is 1. The van der Waals surface area contributed by atoms with Crippen molar-refractivity contribution >= 4 is 33.2 Å². The molecule has 0 saturated heterocycles. The average Bonchev–Trinajstić information content (AvgIpc) is 2.28. The molecule has 4 nitrogen and oxygen atoms in total. The highest BCUT2D eigenvalue weighted by atomic mass is 79.9. The molecule has 0 saturated carbocycles. The van der Waals surface area contributed by atoms with E-state index in [1.165, 1.54) is 0 Å². The first-order chi connectivity index (χ1) is 8.56. The van der Waals surface area contributed by atoms with E-state index in [4.69, 9.17) is 5.73 Å². The second kappa shape index (κ2) is 5.18. The molecule has 5 heteroatoms. The molecule has 2 rings (SSSR count). The lowest BCUT2D eigenvalue weighted by Gasteiger charge is -2.08. The average molecular weight is 306 g/mol. The van der Waals surface area contributed by atoms with Gasteiger partial charge in [0.15, 0.2) is 0 Å². The summed E-state index contributed by atoms with van der Waals surface area (Å²) in [5, 5.41) is 2.76. The molecule has 0 aliphatic carbocycles. The number of halogens is 1. The number of hydrogen-bond acceptors (Lipinski definition) is 3. The van der Waals surface area contributed by atoms with Crippen LogP contribution in [0.4, 0.5) is 11.4 Å². The van der Waals surface area contributed by atoms with Crippen molar-refractivity contribution < 1.29 is 4.79 Å². The van der Waals surface area contributed by atoms with Gasteiger partial charge in [-0.3, -0.25) is 9.78 Å². The molecule has 18 heavy (non-hydrogen) atoms. The number of pyridine rings is 1. The fourth-order valence-electron chi connectivity index (χ4n) is 1.56. The lowest BCUT2D eigenvalue weighted by molar-refractivity contribution is 0.102. The Balaban J connectivity index is 2.22. The van der Waals surface area contributed by atoms with Crippen molar-refractivity contribution in [3.63, 3.8) is 0 Å². The summed E-state index contributed by atoms with van der Waals surface area (Å²) in [6, 6.07) is 7.00. The van der Waals surface area contributed by atoms with Crippen molar-refractivity contribution in [2.45, 2.75) is 6.92 Å². The van der Waals surface area contributed by atoms with E-state index < -0.39 is 0 Å². The minimum atomic E-state index is -0.243. The Hall–Kier alpha value is -1.88. The molecule has 0 aliphatic heterocycles. The van der Waals surface area contributed by atoms with E-state index in [1.807, 2.05) is 13.0 Å². The zero-order valence-electron chi connectivity index (χ0n) is 9.77. The van der Waals surface area contributed by atoms with E-state index in [0.29, 0.717) is 16.9 Å². The summed E-state index contributed by atoms with van der Waals surface area (Å²) in [4.78, 5) is 16.0. The summed E-state index contributed by atoms with van der Waals surface area (Å²) in [6.07, 6.45) is 3.32. The van der Waals surface area contributed by atoms with Gasteiger partial charge in [-0.25, -0.2) is 0 Å². The number of anilines is 2. The van der Waals surface area contributed by atoms with Gasteiger partial charge in [0.1, 0.15) is 0 Å². The van der Waals surface area contributed by atoms with E-state index in [1.54, 1.807) is 30.6 Å². The molecule has 0 fully saturated rings. The quantitative estimate of drug-likeness (QED) is 0.838. The molecular formula is C13H12BrN3O. The van der Waals surface area contributed by atoms with Crippen LogP contribution in [-0.2, 0) is 0 Å². The van der Waals surface area contributed by atoms with E-state index in [9.17, 15) is 4.79 Å². The van der Waals surface area contributed by atoms with E-state index in [0.717, 1.165) is 10.0 Å². The number of carbonyl (C=O) groups excluding carboxylic acids is 1. The Kier molecular flexibility index (Phi) is 3.62. The molecule has 1 aromatic carbocycles. The number of nitrogen functional groups attached to an aromatic ring is 1. The van der Waals surface area contributed by atoms with Crippen LogP contribution >= 0.6 is 15.9 Å². The summed E-state index contributed by atoms with van der Waals surface area (Å²) in [5.41, 5.74) is 8.31. The molecule has 0 radical (unpaired) electrons. The number of nitrogens with zero attached hydrogens (tertiary/aromatic N) is 1. The van der Waals surface area contributed by atoms with Gasteiger partial charge in [0.2, 0.25) is 0 Å². The summed E-state index contributed by atoms with van der Waals surface area (Å²) in [6.45, 7) is 1.91. The van der Waals surface area contributed by atoms with Gasteiger partial charge >= 0.3 is 0 Å². The van der Waals surface area contributed by atoms with Gasteiger partial charge in [-0.15, -0.1) is 0 Å². The van der Waals surface area contributed by atoms with E-state index in [2.05, 4.69) is 26.2 Å². The third-order valence-electron chi connectivity index (χ3n) is 2.39. The van der Waals surface area contributed by atoms with Gasteiger partial charge in [-0.05, 0) is 36.8 Å². The molecule has 0 bridgehead atoms. The van der Waals surface area contributed by atoms with Gasteiger partial charge in [-0.1, -0.05) is 15.9 Å². The van der Waals surface area contributed by atoms with Crippen LogP contribution in [0.15, 0.2) is 41.1 Å². The van der Waals surface area contributed by atoms with Crippen molar-refractivity contribution in [1.29, 1.82) is 0 Å². The molecule has 1 aromatic heterocycles. The molecule has 1 amide bonds. The monoisotopic (exact) mass is 305 g/mol. The van der Waals surface area contributed by atoms with Gasteiger partial charge in [0.05, 0.1) is 17.4 Å². The maximum absolute atomic E-state index is 12.0. The summed E-state index contributed by atoms with van der Waals surface area (Å²) in [5.74, 6) is -0.243. The van der Waals surface area contributed by atoms with Crippen LogP contribution in [0, 0.1) is 6.92 Å². The molecule has 0 spiro atoms. The predicted molar refractivity (Wildman–Crippen MR) is 75.5 cm³/mol. The molecule has 0 atom stereocenters. The van der Waals surface area contributed by atoms with Gasteiger partial charge in [-0.2, -0.15) is 0 Å². The highest BCUT2D eigenvalue weighted by Gasteiger charge is 2.10. The summed E-state index contributed by atoms with van der Waals surface area (Å²) in [7, 11) is 0. The lowest BCUT2D eigenvalue weighted by atomic mass is 10.1. The lowest BCUT2D eigenvalue weighted by Crippen LogP contribution is -2.14. The molecule has 3 N–H and O–H groups in total. The van der Waals surface area contributed by atoms with Crippen LogP contribution < -0.4 is 11.1 Å². The van der Waals surface area contributed by atoms with Gasteiger partial charge in [0.25, 0.3) is 5.91 Å². The number of hydrogen-bond donors (Lipinski definition) is 2. The number of aryl methyl sites for hydroxylation is 1. The smallest absolute Gasteiger partial charge is 0.257 e. The zero-order chi connectivity index (χ0) is 13.1. The van der Waals surface area contributed by atoms with Gasteiger partial charge < -0.3 is 11.1 Å². The number of amides is 1. The summed E-state index contributed by atoms with van der Waals surface area (Å²) >= 11 is 3.30. The van der Waals surface area contributed by atoms with E-state index in [-0.39, 0.29) is 5.91 Å². The molecule has 1 heterocycles. The largest absolute Gasteiger partial charge is 0.398 e. The zero-order valence-corrected chi connectivity index (χ0v) is 11.4. The molecule has 0 aliphatic rings. The third kappa shape index (κ3) is 2.87. The van der Waals surface area contributed by atoms with Crippen LogP contribution in [-0.4, -0.2) is 10.9 Å². The molecule has 2 aromatic rings. The van der Waals surface area contributed by atoms with Crippen molar-refractivity contribution in [2.24, 2.45) is 0 Å². The minimum Gasteiger partial charge on any atom is -0.398 e. The molecular weight excluding hydrogens is 294 g/mol. The summed E-state index contributed by atoms with van der Waals surface area (Å²) < 4.78 is 0.841. The number of carbonyl (C=O) groups is 1. The Labute approximate surface area is 113 Å². The molecule has 92 valence electrons. The fourth-order valence-corrected chi connectivity index (χ4v) is 1.94. The fraction of sp³-hybridized carbons (Fsp3) is 0.0769. The maximum Gasteiger partial charge on any atom is 0.257 e. The topological polar surface area (TPSA) is 68.0 Å². The van der Waals surface area contributed by atoms with Crippen molar-refractivity contribution in [2.75, 3.05) is 11.1 Å². The minimum absolute atomic E-state index is 0.243. The van der Waals surface area contributed by atoms with Crippen LogP contribution in [0.2, 0.25) is 0 Å². The van der Waals surface area contributed by atoms with Crippen molar-refractivity contribution in [1.82, 2.24) is 4.98 Å². The normalized spacial score (nSPS) is 10.1. The Morgan fingerprint density at radius 1 is 1.33 bits per heavy atom. The van der Waals surface area contributed by atoms with Crippen molar-refractivity contribution in [3.8, 4) is 0 Å². The Bertz CT molecular complexity index is 599. The second-order valence-electron chi connectivity index (χ2n) is 3.94. The van der Waals surface area contributed by atoms with E-state index >= 15 is 0 Å². The first kappa shape index (κ1) is 12.6. The van der Waals surface area contributed by atoms with Crippen LogP contribution in [0.5, 0.6) is 0 Å². The van der Waals surface area contributed by atoms with Crippen LogP contribution in [0.25, 0.3) is 0 Å². The highest BCUT2D eigenvalue weighted by molar-refractivity contribution is 9.10. The standard InChI is InChI=1S/C13H12BrN3O/c1-8-4-10(7-16-6-8)17-13(18)11-3-2-9(14)5-12(11)15/h2-7H,15H2,1H3,(H,17,18). The first-order valence-electron chi connectivity index (χ1n) is 5.34. The Morgan fingerprint density at radius 2 is 2.11 bits per heavy atom. The number of rotatable bonds is 2. The SMILES string of the molecule is Cc1cncc(NC(=O)c2ccc(Br)cc2N)c1. The second-order valence-corrected chi connectivity index (χ2v) is 4.85. The predicted octanol–water partition coefficient (Wildman–Crippen LogP) is 2.99. The van der Waals surface area contributed by atoms with Crippen LogP contribution in [0.1, 0.15) is 15.9 Å². The van der Waals surface area contributed by atoms with Crippen molar-refractivity contribution in [3.05, 3.63) is 52.3 Å². The first-order valence-corrected chi connectivity index (χ1v) is 6.13. The number of nitrogens with one attached hydrogen (secondary N) is 1. The molecule has 0 unspecified atom stereocenters. The maximum atomic E-state index is 12.0. The highest BCUT2D eigenvalue weighted by Crippen LogP contribution is 2.19. The third-order valence-corrected chi connectivity index (χ3v) is 2.88. The van der Waals surface area contributed by atoms with Crippen LogP contribution in [0.3, 0.4) is 0 Å².